The van der Waals surface area contributed by atoms with Crippen LogP contribution in [0.4, 0.5) is 4.39 Å². The molecule has 0 radical (unpaired) electrons. The van der Waals surface area contributed by atoms with Crippen LogP contribution in [0.25, 0.3) is 0 Å². The number of hydrogen-bond acceptors (Lipinski definition) is 1. The van der Waals surface area contributed by atoms with Crippen molar-refractivity contribution in [2.24, 2.45) is 0 Å². The van der Waals surface area contributed by atoms with Gasteiger partial charge in [-0.25, -0.2) is 4.39 Å². The Hall–Kier alpha value is -1.09. The largest absolute Gasteiger partial charge is 0.288 e. The van der Waals surface area contributed by atoms with Crippen LogP contribution < -0.4 is 0 Å². The minimum atomic E-state index is -0.605. The summed E-state index contributed by atoms with van der Waals surface area (Å²) in [5, 5.41) is 0.515. The maximum atomic E-state index is 13.8. The average Bonchev–Trinajstić information content (AvgIpc) is 2.26. The molecule has 0 aliphatic rings. The molecule has 0 N–H and O–H groups in total. The van der Waals surface area contributed by atoms with E-state index >= 15 is 0 Å². The summed E-state index contributed by atoms with van der Waals surface area (Å²) in [5.41, 5.74) is 0.703. The molecule has 0 aliphatic heterocycles. The van der Waals surface area contributed by atoms with Gasteiger partial charge in [0.15, 0.2) is 5.78 Å². The minimum Gasteiger partial charge on any atom is -0.288 e. The molecule has 0 fully saturated rings. The van der Waals surface area contributed by atoms with Gasteiger partial charge in [0.2, 0.25) is 0 Å². The van der Waals surface area contributed by atoms with Gasteiger partial charge in [-0.1, -0.05) is 40.9 Å². The van der Waals surface area contributed by atoms with Crippen LogP contribution in [0.1, 0.15) is 21.5 Å². The molecule has 2 aromatic rings. The van der Waals surface area contributed by atoms with E-state index in [-0.39, 0.29) is 21.2 Å². The standard InChI is InChI=1S/C14H8Cl3FO/c1-7-2-3-9(12(18)4-7)14(19)13-10(16)5-8(15)6-11(13)17/h2-6H,1H3. The molecule has 98 valence electrons. The summed E-state index contributed by atoms with van der Waals surface area (Å²) in [6.45, 7) is 1.74. The van der Waals surface area contributed by atoms with Crippen molar-refractivity contribution < 1.29 is 9.18 Å². The van der Waals surface area contributed by atoms with E-state index in [9.17, 15) is 9.18 Å². The molecule has 5 heteroatoms. The van der Waals surface area contributed by atoms with Crippen LogP contribution in [0, 0.1) is 12.7 Å². The number of carbonyl (C=O) groups is 1. The molecule has 0 amide bonds. The van der Waals surface area contributed by atoms with E-state index in [2.05, 4.69) is 0 Å². The lowest BCUT2D eigenvalue weighted by atomic mass is 10.0. The van der Waals surface area contributed by atoms with Crippen molar-refractivity contribution in [1.82, 2.24) is 0 Å². The van der Waals surface area contributed by atoms with Crippen molar-refractivity contribution in [2.45, 2.75) is 6.92 Å². The first-order chi connectivity index (χ1) is 8.90. The Morgan fingerprint density at radius 1 is 1.05 bits per heavy atom. The van der Waals surface area contributed by atoms with Crippen molar-refractivity contribution in [3.05, 3.63) is 67.9 Å². The summed E-state index contributed by atoms with van der Waals surface area (Å²) < 4.78 is 13.8. The average molecular weight is 318 g/mol. The predicted octanol–water partition coefficient (Wildman–Crippen LogP) is 5.33. The third-order valence-corrected chi connectivity index (χ3v) is 3.42. The minimum absolute atomic E-state index is 0.0514. The normalized spacial score (nSPS) is 10.6. The first kappa shape index (κ1) is 14.3. The number of hydrogen-bond donors (Lipinski definition) is 0. The third kappa shape index (κ3) is 2.92. The molecule has 2 aromatic carbocycles. The van der Waals surface area contributed by atoms with E-state index in [0.717, 1.165) is 5.56 Å². The van der Waals surface area contributed by atoms with Gasteiger partial charge >= 0.3 is 0 Å². The lowest BCUT2D eigenvalue weighted by molar-refractivity contribution is 0.103. The molecular weight excluding hydrogens is 310 g/mol. The van der Waals surface area contributed by atoms with Gasteiger partial charge in [-0.15, -0.1) is 0 Å². The summed E-state index contributed by atoms with van der Waals surface area (Å²) >= 11 is 17.7. The van der Waals surface area contributed by atoms with Crippen LogP contribution in [0.15, 0.2) is 30.3 Å². The summed E-state index contributed by atoms with van der Waals surface area (Å²) in [6.07, 6.45) is 0. The number of ketones is 1. The fourth-order valence-corrected chi connectivity index (χ4v) is 2.69. The first-order valence-corrected chi connectivity index (χ1v) is 6.49. The van der Waals surface area contributed by atoms with E-state index in [1.807, 2.05) is 0 Å². The lowest BCUT2D eigenvalue weighted by Gasteiger charge is -2.08. The molecule has 0 saturated carbocycles. The van der Waals surface area contributed by atoms with Gasteiger partial charge in [0.25, 0.3) is 0 Å². The Kier molecular flexibility index (Phi) is 4.14. The molecule has 19 heavy (non-hydrogen) atoms. The Morgan fingerprint density at radius 2 is 1.63 bits per heavy atom. The second-order valence-corrected chi connectivity index (χ2v) is 5.31. The maximum Gasteiger partial charge on any atom is 0.198 e. The van der Waals surface area contributed by atoms with Crippen LogP contribution in [-0.4, -0.2) is 5.78 Å². The number of carbonyl (C=O) groups excluding carboxylic acids is 1. The number of rotatable bonds is 2. The van der Waals surface area contributed by atoms with Crippen molar-refractivity contribution in [3.8, 4) is 0 Å². The number of halogens is 4. The summed E-state index contributed by atoms with van der Waals surface area (Å²) in [4.78, 5) is 12.3. The lowest BCUT2D eigenvalue weighted by Crippen LogP contribution is -2.06. The van der Waals surface area contributed by atoms with Crippen molar-refractivity contribution in [1.29, 1.82) is 0 Å². The van der Waals surface area contributed by atoms with E-state index in [1.54, 1.807) is 13.0 Å². The zero-order valence-corrected chi connectivity index (χ0v) is 12.1. The van der Waals surface area contributed by atoms with Crippen molar-refractivity contribution >= 4 is 40.6 Å². The Labute approximate surface area is 124 Å². The Morgan fingerprint density at radius 3 is 2.16 bits per heavy atom. The summed E-state index contributed by atoms with van der Waals surface area (Å²) in [7, 11) is 0. The van der Waals surface area contributed by atoms with Crippen LogP contribution >= 0.6 is 34.8 Å². The van der Waals surface area contributed by atoms with Gasteiger partial charge in [0.05, 0.1) is 21.2 Å². The highest BCUT2D eigenvalue weighted by Gasteiger charge is 2.20. The van der Waals surface area contributed by atoms with Crippen LogP contribution in [0.5, 0.6) is 0 Å². The molecule has 0 aliphatic carbocycles. The van der Waals surface area contributed by atoms with Crippen molar-refractivity contribution in [2.75, 3.05) is 0 Å². The topological polar surface area (TPSA) is 17.1 Å². The van der Waals surface area contributed by atoms with Gasteiger partial charge in [-0.05, 0) is 36.8 Å². The van der Waals surface area contributed by atoms with Crippen LogP contribution in [-0.2, 0) is 0 Å². The Bertz CT molecular complexity index is 645. The zero-order valence-electron chi connectivity index (χ0n) is 9.81. The molecule has 0 spiro atoms. The highest BCUT2D eigenvalue weighted by atomic mass is 35.5. The van der Waals surface area contributed by atoms with Gasteiger partial charge < -0.3 is 0 Å². The molecule has 0 bridgehead atoms. The molecule has 0 atom stereocenters. The van der Waals surface area contributed by atoms with Gasteiger partial charge in [0.1, 0.15) is 5.82 Å². The molecule has 2 rings (SSSR count). The van der Waals surface area contributed by atoms with Crippen LogP contribution in [0.2, 0.25) is 15.1 Å². The molecule has 0 aromatic heterocycles. The number of aryl methyl sites for hydroxylation is 1. The first-order valence-electron chi connectivity index (χ1n) is 5.35. The SMILES string of the molecule is Cc1ccc(C(=O)c2c(Cl)cc(Cl)cc2Cl)c(F)c1. The van der Waals surface area contributed by atoms with E-state index < -0.39 is 11.6 Å². The molecular formula is C14H8Cl3FO. The van der Waals surface area contributed by atoms with E-state index in [0.29, 0.717) is 5.02 Å². The smallest absolute Gasteiger partial charge is 0.198 e. The highest BCUT2D eigenvalue weighted by molar-refractivity contribution is 6.43. The molecule has 0 saturated heterocycles. The summed E-state index contributed by atoms with van der Waals surface area (Å²) in [6, 6.07) is 7.13. The number of benzene rings is 2. The van der Waals surface area contributed by atoms with Gasteiger partial charge in [0, 0.05) is 5.02 Å². The molecule has 0 unspecified atom stereocenters. The summed E-state index contributed by atoms with van der Waals surface area (Å²) in [5.74, 6) is -1.17. The van der Waals surface area contributed by atoms with E-state index in [1.165, 1.54) is 24.3 Å². The fourth-order valence-electron chi connectivity index (χ4n) is 1.70. The fraction of sp³-hybridized carbons (Fsp3) is 0.0714. The zero-order chi connectivity index (χ0) is 14.2. The highest BCUT2D eigenvalue weighted by Crippen LogP contribution is 2.31. The van der Waals surface area contributed by atoms with Gasteiger partial charge in [-0.2, -0.15) is 0 Å². The van der Waals surface area contributed by atoms with E-state index in [4.69, 9.17) is 34.8 Å². The second kappa shape index (κ2) is 5.49. The van der Waals surface area contributed by atoms with Crippen LogP contribution in [0.3, 0.4) is 0 Å². The quantitative estimate of drug-likeness (QED) is 0.685. The predicted molar refractivity (Wildman–Crippen MR) is 76.0 cm³/mol. The maximum absolute atomic E-state index is 13.8. The van der Waals surface area contributed by atoms with Gasteiger partial charge in [-0.3, -0.25) is 4.79 Å². The second-order valence-electron chi connectivity index (χ2n) is 4.06. The monoisotopic (exact) mass is 316 g/mol. The molecule has 1 nitrogen and oxygen atoms in total. The third-order valence-electron chi connectivity index (χ3n) is 2.60. The Balaban J connectivity index is 2.56. The van der Waals surface area contributed by atoms with Crippen molar-refractivity contribution in [3.63, 3.8) is 0 Å². The molecule has 0 heterocycles.